The molecule has 112 valence electrons. The Morgan fingerprint density at radius 2 is 1.73 bits per heavy atom. The first-order chi connectivity index (χ1) is 10.7. The van der Waals surface area contributed by atoms with E-state index in [0.717, 1.165) is 13.0 Å². The molecule has 2 aromatic carbocycles. The maximum atomic E-state index is 11.4. The summed E-state index contributed by atoms with van der Waals surface area (Å²) in [4.78, 5) is 15.3. The first-order valence-corrected chi connectivity index (χ1v) is 7.64. The standard InChI is InChI=1S/C18H18N2O2/c21-18(22)19-9-10-20-16-8-4-2-6-14(16)11-13-5-1-3-7-15(13)17(20)12-19/h1-8,17H,9-12H2,(H,21,22)/t17-/m1/s1. The van der Waals surface area contributed by atoms with Gasteiger partial charge in [0.1, 0.15) is 0 Å². The Hall–Kier alpha value is -2.49. The second-order valence-electron chi connectivity index (χ2n) is 5.94. The van der Waals surface area contributed by atoms with Crippen molar-refractivity contribution in [1.82, 2.24) is 4.90 Å². The summed E-state index contributed by atoms with van der Waals surface area (Å²) in [6, 6.07) is 17.0. The molecule has 1 atom stereocenters. The molecule has 22 heavy (non-hydrogen) atoms. The van der Waals surface area contributed by atoms with Crippen molar-refractivity contribution in [2.45, 2.75) is 12.5 Å². The number of piperazine rings is 1. The van der Waals surface area contributed by atoms with Gasteiger partial charge in [0.15, 0.2) is 0 Å². The minimum absolute atomic E-state index is 0.102. The van der Waals surface area contributed by atoms with E-state index in [4.69, 9.17) is 0 Å². The lowest BCUT2D eigenvalue weighted by molar-refractivity contribution is 0.135. The van der Waals surface area contributed by atoms with Gasteiger partial charge < -0.3 is 14.9 Å². The SMILES string of the molecule is O=C(O)N1CCN2c3ccccc3Cc3ccccc3[C@H]2C1. The van der Waals surface area contributed by atoms with Crippen LogP contribution in [0.15, 0.2) is 48.5 Å². The highest BCUT2D eigenvalue weighted by Gasteiger charge is 2.34. The van der Waals surface area contributed by atoms with E-state index in [0.29, 0.717) is 13.1 Å². The van der Waals surface area contributed by atoms with Crippen LogP contribution in [0.25, 0.3) is 0 Å². The third-order valence-electron chi connectivity index (χ3n) is 4.75. The average Bonchev–Trinajstić information content (AvgIpc) is 2.69. The summed E-state index contributed by atoms with van der Waals surface area (Å²) in [5.41, 5.74) is 5.12. The van der Waals surface area contributed by atoms with Crippen LogP contribution >= 0.6 is 0 Å². The first kappa shape index (κ1) is 13.2. The molecule has 0 aromatic heterocycles. The van der Waals surface area contributed by atoms with Gasteiger partial charge in [-0.15, -0.1) is 0 Å². The van der Waals surface area contributed by atoms with Crippen molar-refractivity contribution < 1.29 is 9.90 Å². The zero-order valence-electron chi connectivity index (χ0n) is 12.3. The summed E-state index contributed by atoms with van der Waals surface area (Å²) in [6.07, 6.45) is 0.0848. The highest BCUT2D eigenvalue weighted by Crippen LogP contribution is 2.38. The Balaban J connectivity index is 1.85. The first-order valence-electron chi connectivity index (χ1n) is 7.64. The van der Waals surface area contributed by atoms with Crippen LogP contribution in [0.5, 0.6) is 0 Å². The third kappa shape index (κ3) is 2.03. The quantitative estimate of drug-likeness (QED) is 0.812. The Morgan fingerprint density at radius 1 is 1.00 bits per heavy atom. The molecular formula is C18H18N2O2. The number of hydrogen-bond acceptors (Lipinski definition) is 2. The van der Waals surface area contributed by atoms with Gasteiger partial charge in [0.05, 0.1) is 6.04 Å². The van der Waals surface area contributed by atoms with Crippen molar-refractivity contribution in [3.8, 4) is 0 Å². The molecule has 1 N–H and O–H groups in total. The van der Waals surface area contributed by atoms with Gasteiger partial charge in [0, 0.05) is 25.3 Å². The van der Waals surface area contributed by atoms with Crippen LogP contribution in [-0.2, 0) is 6.42 Å². The van der Waals surface area contributed by atoms with Crippen LogP contribution in [0.3, 0.4) is 0 Å². The fraction of sp³-hybridized carbons (Fsp3) is 0.278. The second kappa shape index (κ2) is 5.05. The lowest BCUT2D eigenvalue weighted by atomic mass is 9.96. The summed E-state index contributed by atoms with van der Waals surface area (Å²) in [5, 5.41) is 9.35. The average molecular weight is 294 g/mol. The van der Waals surface area contributed by atoms with Crippen LogP contribution in [0.4, 0.5) is 10.5 Å². The number of benzene rings is 2. The zero-order valence-corrected chi connectivity index (χ0v) is 12.3. The van der Waals surface area contributed by atoms with Gasteiger partial charge in [-0.1, -0.05) is 42.5 Å². The van der Waals surface area contributed by atoms with Crippen molar-refractivity contribution >= 4 is 11.8 Å². The maximum absolute atomic E-state index is 11.4. The summed E-state index contributed by atoms with van der Waals surface area (Å²) in [7, 11) is 0. The van der Waals surface area contributed by atoms with Crippen molar-refractivity contribution in [2.75, 3.05) is 24.5 Å². The molecule has 0 radical (unpaired) electrons. The number of hydrogen-bond donors (Lipinski definition) is 1. The zero-order chi connectivity index (χ0) is 15.1. The van der Waals surface area contributed by atoms with Crippen molar-refractivity contribution in [2.24, 2.45) is 0 Å². The minimum Gasteiger partial charge on any atom is -0.465 e. The molecule has 2 aromatic rings. The van der Waals surface area contributed by atoms with Crippen LogP contribution in [-0.4, -0.2) is 35.7 Å². The van der Waals surface area contributed by atoms with Gasteiger partial charge in [0.2, 0.25) is 0 Å². The normalized spacial score (nSPS) is 19.7. The molecule has 0 saturated carbocycles. The minimum atomic E-state index is -0.824. The molecule has 0 bridgehead atoms. The van der Waals surface area contributed by atoms with Crippen LogP contribution in [0.2, 0.25) is 0 Å². The maximum Gasteiger partial charge on any atom is 0.407 e. The monoisotopic (exact) mass is 294 g/mol. The van der Waals surface area contributed by atoms with Gasteiger partial charge >= 0.3 is 6.09 Å². The number of para-hydroxylation sites is 1. The van der Waals surface area contributed by atoms with E-state index in [1.54, 1.807) is 0 Å². The number of carbonyl (C=O) groups is 1. The van der Waals surface area contributed by atoms with E-state index in [1.807, 2.05) is 6.07 Å². The third-order valence-corrected chi connectivity index (χ3v) is 4.75. The van der Waals surface area contributed by atoms with Crippen LogP contribution < -0.4 is 4.90 Å². The summed E-state index contributed by atoms with van der Waals surface area (Å²) in [5.74, 6) is 0. The molecule has 0 spiro atoms. The smallest absolute Gasteiger partial charge is 0.407 e. The molecule has 2 heterocycles. The van der Waals surface area contributed by atoms with Crippen LogP contribution in [0, 0.1) is 0 Å². The largest absolute Gasteiger partial charge is 0.465 e. The predicted molar refractivity (Wildman–Crippen MR) is 85.4 cm³/mol. The Bertz CT molecular complexity index is 729. The van der Waals surface area contributed by atoms with E-state index < -0.39 is 6.09 Å². The van der Waals surface area contributed by atoms with Gasteiger partial charge in [0.25, 0.3) is 0 Å². The van der Waals surface area contributed by atoms with E-state index in [2.05, 4.69) is 47.4 Å². The summed E-state index contributed by atoms with van der Waals surface area (Å²) in [6.45, 7) is 1.82. The molecule has 1 amide bonds. The molecule has 4 rings (SSSR count). The van der Waals surface area contributed by atoms with Crippen molar-refractivity contribution in [1.29, 1.82) is 0 Å². The molecule has 2 aliphatic rings. The van der Waals surface area contributed by atoms with Gasteiger partial charge in [-0.25, -0.2) is 4.79 Å². The number of nitrogens with zero attached hydrogens (tertiary/aromatic N) is 2. The fourth-order valence-corrected chi connectivity index (χ4v) is 3.68. The Kier molecular flexibility index (Phi) is 3.03. The number of rotatable bonds is 0. The molecule has 0 aliphatic carbocycles. The van der Waals surface area contributed by atoms with Crippen molar-refractivity contribution in [3.05, 3.63) is 65.2 Å². The van der Waals surface area contributed by atoms with Crippen molar-refractivity contribution in [3.63, 3.8) is 0 Å². The fourth-order valence-electron chi connectivity index (χ4n) is 3.68. The highest BCUT2D eigenvalue weighted by molar-refractivity contribution is 5.67. The van der Waals surface area contributed by atoms with E-state index in [-0.39, 0.29) is 6.04 Å². The van der Waals surface area contributed by atoms with Crippen LogP contribution in [0.1, 0.15) is 22.7 Å². The van der Waals surface area contributed by atoms with Gasteiger partial charge in [-0.05, 0) is 29.2 Å². The number of anilines is 1. The lowest BCUT2D eigenvalue weighted by Gasteiger charge is -2.42. The molecule has 1 fully saturated rings. The molecule has 4 nitrogen and oxygen atoms in total. The molecule has 2 aliphatic heterocycles. The Labute approximate surface area is 129 Å². The Morgan fingerprint density at radius 3 is 2.55 bits per heavy atom. The molecule has 1 saturated heterocycles. The molecular weight excluding hydrogens is 276 g/mol. The van der Waals surface area contributed by atoms with E-state index in [9.17, 15) is 9.90 Å². The predicted octanol–water partition coefficient (Wildman–Crippen LogP) is 3.13. The van der Waals surface area contributed by atoms with E-state index >= 15 is 0 Å². The van der Waals surface area contributed by atoms with Gasteiger partial charge in [-0.2, -0.15) is 0 Å². The second-order valence-corrected chi connectivity index (χ2v) is 5.94. The highest BCUT2D eigenvalue weighted by atomic mass is 16.4. The van der Waals surface area contributed by atoms with Gasteiger partial charge in [-0.3, -0.25) is 0 Å². The topological polar surface area (TPSA) is 43.8 Å². The lowest BCUT2D eigenvalue weighted by Crippen LogP contribution is -2.50. The number of amides is 1. The summed E-state index contributed by atoms with van der Waals surface area (Å²) < 4.78 is 0. The molecule has 0 unspecified atom stereocenters. The van der Waals surface area contributed by atoms with E-state index in [1.165, 1.54) is 27.3 Å². The molecule has 4 heteroatoms. The number of carboxylic acid groups (broad SMARTS) is 1. The summed E-state index contributed by atoms with van der Waals surface area (Å²) >= 11 is 0. The number of fused-ring (bicyclic) bond motifs is 5.